The number of ether oxygens (including phenoxy) is 2. The molecule has 0 aromatic heterocycles. The standard InChI is InChI=1S/C11H15NO3/c1-2-15-12-8-9-3-4-10-11(7-9)14-6-5-13-10/h3-4,7,12H,2,5-6,8H2,1H3. The number of benzene rings is 1. The normalized spacial score (nSPS) is 13.9. The van der Waals surface area contributed by atoms with Crippen molar-refractivity contribution in [2.24, 2.45) is 0 Å². The molecule has 1 aliphatic rings. The Bertz CT molecular complexity index is 328. The van der Waals surface area contributed by atoms with E-state index in [1.807, 2.05) is 25.1 Å². The number of hydroxylamine groups is 1. The Morgan fingerprint density at radius 2 is 2.07 bits per heavy atom. The van der Waals surface area contributed by atoms with Gasteiger partial charge in [-0.1, -0.05) is 6.07 Å². The van der Waals surface area contributed by atoms with Crippen LogP contribution >= 0.6 is 0 Å². The lowest BCUT2D eigenvalue weighted by atomic mass is 10.2. The van der Waals surface area contributed by atoms with Crippen molar-refractivity contribution < 1.29 is 14.3 Å². The van der Waals surface area contributed by atoms with Crippen molar-refractivity contribution in [2.75, 3.05) is 19.8 Å². The first kappa shape index (κ1) is 10.3. The van der Waals surface area contributed by atoms with Crippen molar-refractivity contribution in [1.29, 1.82) is 0 Å². The molecule has 0 atom stereocenters. The molecule has 0 aliphatic carbocycles. The van der Waals surface area contributed by atoms with Gasteiger partial charge in [0.25, 0.3) is 0 Å². The highest BCUT2D eigenvalue weighted by molar-refractivity contribution is 5.43. The predicted octanol–water partition coefficient (Wildman–Crippen LogP) is 1.50. The molecule has 1 aromatic rings. The van der Waals surface area contributed by atoms with Gasteiger partial charge in [0.05, 0.1) is 6.61 Å². The fraction of sp³-hybridized carbons (Fsp3) is 0.455. The fourth-order valence-electron chi connectivity index (χ4n) is 1.43. The molecule has 0 spiro atoms. The third kappa shape index (κ3) is 2.61. The summed E-state index contributed by atoms with van der Waals surface area (Å²) in [7, 11) is 0. The number of nitrogens with one attached hydrogen (secondary N) is 1. The number of hydrogen-bond donors (Lipinski definition) is 1. The molecule has 0 radical (unpaired) electrons. The van der Waals surface area contributed by atoms with E-state index in [9.17, 15) is 0 Å². The Morgan fingerprint density at radius 3 is 2.87 bits per heavy atom. The third-order valence-electron chi connectivity index (χ3n) is 2.13. The molecular formula is C11H15NO3. The summed E-state index contributed by atoms with van der Waals surface area (Å²) in [6.45, 7) is 4.52. The molecule has 0 fully saturated rings. The second-order valence-corrected chi connectivity index (χ2v) is 3.23. The van der Waals surface area contributed by atoms with Gasteiger partial charge >= 0.3 is 0 Å². The van der Waals surface area contributed by atoms with Gasteiger partial charge in [0, 0.05) is 6.54 Å². The van der Waals surface area contributed by atoms with Gasteiger partial charge in [0.15, 0.2) is 11.5 Å². The zero-order valence-corrected chi connectivity index (χ0v) is 8.79. The Kier molecular flexibility index (Phi) is 3.42. The molecule has 4 heteroatoms. The molecule has 1 aliphatic heterocycles. The van der Waals surface area contributed by atoms with Crippen LogP contribution in [0.25, 0.3) is 0 Å². The summed E-state index contributed by atoms with van der Waals surface area (Å²) >= 11 is 0. The molecule has 1 N–H and O–H groups in total. The largest absolute Gasteiger partial charge is 0.486 e. The van der Waals surface area contributed by atoms with Gasteiger partial charge < -0.3 is 14.3 Å². The van der Waals surface area contributed by atoms with Gasteiger partial charge in [-0.15, -0.1) is 0 Å². The zero-order valence-electron chi connectivity index (χ0n) is 8.79. The highest BCUT2D eigenvalue weighted by Gasteiger charge is 2.11. The molecule has 1 heterocycles. The van der Waals surface area contributed by atoms with Crippen LogP contribution in [0.4, 0.5) is 0 Å². The van der Waals surface area contributed by atoms with Crippen LogP contribution in [0.2, 0.25) is 0 Å². The lowest BCUT2D eigenvalue weighted by Gasteiger charge is -2.18. The third-order valence-corrected chi connectivity index (χ3v) is 2.13. The van der Waals surface area contributed by atoms with Gasteiger partial charge in [0.2, 0.25) is 0 Å². The maximum Gasteiger partial charge on any atom is 0.161 e. The first-order valence-corrected chi connectivity index (χ1v) is 5.13. The average molecular weight is 209 g/mol. The maximum atomic E-state index is 5.48. The number of hydrogen-bond acceptors (Lipinski definition) is 4. The second kappa shape index (κ2) is 5.00. The van der Waals surface area contributed by atoms with Crippen LogP contribution in [-0.4, -0.2) is 19.8 Å². The van der Waals surface area contributed by atoms with Gasteiger partial charge in [-0.25, -0.2) is 0 Å². The van der Waals surface area contributed by atoms with Crippen molar-refractivity contribution in [2.45, 2.75) is 13.5 Å². The van der Waals surface area contributed by atoms with E-state index in [1.165, 1.54) is 0 Å². The predicted molar refractivity (Wildman–Crippen MR) is 55.9 cm³/mol. The molecule has 0 saturated heterocycles. The summed E-state index contributed by atoms with van der Waals surface area (Å²) in [5.74, 6) is 1.64. The first-order chi connectivity index (χ1) is 7.40. The summed E-state index contributed by atoms with van der Waals surface area (Å²) in [6.07, 6.45) is 0. The summed E-state index contributed by atoms with van der Waals surface area (Å²) in [4.78, 5) is 5.06. The Labute approximate surface area is 89.1 Å². The minimum Gasteiger partial charge on any atom is -0.486 e. The smallest absolute Gasteiger partial charge is 0.161 e. The second-order valence-electron chi connectivity index (χ2n) is 3.23. The van der Waals surface area contributed by atoms with Crippen molar-refractivity contribution in [3.63, 3.8) is 0 Å². The van der Waals surface area contributed by atoms with E-state index in [1.54, 1.807) is 0 Å². The van der Waals surface area contributed by atoms with Crippen molar-refractivity contribution >= 4 is 0 Å². The summed E-state index contributed by atoms with van der Waals surface area (Å²) in [5, 5.41) is 0. The molecule has 0 saturated carbocycles. The summed E-state index contributed by atoms with van der Waals surface area (Å²) in [6, 6.07) is 5.90. The van der Waals surface area contributed by atoms with Crippen LogP contribution in [-0.2, 0) is 11.4 Å². The quantitative estimate of drug-likeness (QED) is 0.602. The van der Waals surface area contributed by atoms with E-state index < -0.39 is 0 Å². The molecule has 1 aromatic carbocycles. The van der Waals surface area contributed by atoms with Gasteiger partial charge in [-0.2, -0.15) is 5.48 Å². The van der Waals surface area contributed by atoms with Gasteiger partial charge in [-0.3, -0.25) is 0 Å². The van der Waals surface area contributed by atoms with Gasteiger partial charge in [-0.05, 0) is 24.6 Å². The van der Waals surface area contributed by atoms with Crippen LogP contribution in [0.3, 0.4) is 0 Å². The van der Waals surface area contributed by atoms with E-state index in [0.717, 1.165) is 17.1 Å². The van der Waals surface area contributed by atoms with E-state index in [2.05, 4.69) is 5.48 Å². The molecule has 0 unspecified atom stereocenters. The van der Waals surface area contributed by atoms with E-state index in [4.69, 9.17) is 14.3 Å². The Hall–Kier alpha value is -1.26. The zero-order chi connectivity index (χ0) is 10.5. The monoisotopic (exact) mass is 209 g/mol. The van der Waals surface area contributed by atoms with E-state index >= 15 is 0 Å². The average Bonchev–Trinajstić information content (AvgIpc) is 2.29. The van der Waals surface area contributed by atoms with Crippen LogP contribution in [0.15, 0.2) is 18.2 Å². The molecule has 2 rings (SSSR count). The minimum absolute atomic E-state index is 0.620. The highest BCUT2D eigenvalue weighted by Crippen LogP contribution is 2.30. The van der Waals surface area contributed by atoms with Crippen LogP contribution in [0.5, 0.6) is 11.5 Å². The summed E-state index contributed by atoms with van der Waals surface area (Å²) in [5.41, 5.74) is 3.98. The fourth-order valence-corrected chi connectivity index (χ4v) is 1.43. The number of rotatable bonds is 4. The molecule has 0 amide bonds. The molecule has 82 valence electrons. The van der Waals surface area contributed by atoms with Crippen LogP contribution in [0, 0.1) is 0 Å². The maximum absolute atomic E-state index is 5.48. The number of fused-ring (bicyclic) bond motifs is 1. The van der Waals surface area contributed by atoms with Crippen molar-refractivity contribution in [3.05, 3.63) is 23.8 Å². The molecule has 4 nitrogen and oxygen atoms in total. The molecule has 15 heavy (non-hydrogen) atoms. The Morgan fingerprint density at radius 1 is 1.27 bits per heavy atom. The van der Waals surface area contributed by atoms with Crippen LogP contribution < -0.4 is 15.0 Å². The SMILES string of the molecule is CCONCc1ccc2c(c1)OCCO2. The van der Waals surface area contributed by atoms with Crippen molar-refractivity contribution in [1.82, 2.24) is 5.48 Å². The highest BCUT2D eigenvalue weighted by atomic mass is 16.6. The minimum atomic E-state index is 0.620. The van der Waals surface area contributed by atoms with E-state index in [-0.39, 0.29) is 0 Å². The lowest BCUT2D eigenvalue weighted by Crippen LogP contribution is -2.17. The summed E-state index contributed by atoms with van der Waals surface area (Å²) < 4.78 is 10.9. The topological polar surface area (TPSA) is 39.7 Å². The van der Waals surface area contributed by atoms with Crippen LogP contribution in [0.1, 0.15) is 12.5 Å². The molecule has 0 bridgehead atoms. The first-order valence-electron chi connectivity index (χ1n) is 5.13. The van der Waals surface area contributed by atoms with Gasteiger partial charge in [0.1, 0.15) is 13.2 Å². The van der Waals surface area contributed by atoms with E-state index in [0.29, 0.717) is 26.4 Å². The molecular weight excluding hydrogens is 194 g/mol. The Balaban J connectivity index is 2.00. The van der Waals surface area contributed by atoms with Crippen molar-refractivity contribution in [3.8, 4) is 11.5 Å². The lowest BCUT2D eigenvalue weighted by molar-refractivity contribution is 0.0462.